The molecule has 2 rings (SSSR count). The second-order valence-corrected chi connectivity index (χ2v) is 5.49. The maximum absolute atomic E-state index is 5.96. The highest BCUT2D eigenvalue weighted by molar-refractivity contribution is 5.87. The molecule has 0 atom stereocenters. The number of rotatable bonds is 8. The fourth-order valence-corrected chi connectivity index (χ4v) is 2.33. The smallest absolute Gasteiger partial charge is 0.124 e. The molecule has 0 aliphatic carbocycles. The largest absolute Gasteiger partial charge is 0.493 e. The van der Waals surface area contributed by atoms with E-state index in [4.69, 9.17) is 9.47 Å². The van der Waals surface area contributed by atoms with E-state index in [9.17, 15) is 0 Å². The lowest BCUT2D eigenvalue weighted by molar-refractivity contribution is 0.172. The molecular weight excluding hydrogens is 262 g/mol. The maximum Gasteiger partial charge on any atom is 0.124 e. The lowest BCUT2D eigenvalue weighted by atomic mass is 10.0. The van der Waals surface area contributed by atoms with Crippen LogP contribution in [-0.2, 0) is 11.3 Å². The Hall–Kier alpha value is -1.58. The Kier molecular flexibility index (Phi) is 6.03. The molecule has 3 heteroatoms. The minimum Gasteiger partial charge on any atom is -0.493 e. The van der Waals surface area contributed by atoms with Crippen LogP contribution in [0.1, 0.15) is 25.8 Å². The molecule has 0 unspecified atom stereocenters. The summed E-state index contributed by atoms with van der Waals surface area (Å²) in [6.45, 7) is 6.54. The zero-order chi connectivity index (χ0) is 15.1. The molecule has 21 heavy (non-hydrogen) atoms. The van der Waals surface area contributed by atoms with Gasteiger partial charge in [0, 0.05) is 38.3 Å². The SMILES string of the molecule is COCCCOc1ccc2ccccc2c1CNC(C)C. The van der Waals surface area contributed by atoms with Gasteiger partial charge < -0.3 is 14.8 Å². The normalized spacial score (nSPS) is 11.2. The highest BCUT2D eigenvalue weighted by atomic mass is 16.5. The molecular formula is C18H25NO2. The Morgan fingerprint density at radius 2 is 1.86 bits per heavy atom. The third-order valence-corrected chi connectivity index (χ3v) is 3.44. The first-order chi connectivity index (χ1) is 10.2. The standard InChI is InChI=1S/C18H25NO2/c1-14(2)19-13-17-16-8-5-4-7-15(16)9-10-18(17)21-12-6-11-20-3/h4-5,7-10,14,19H,6,11-13H2,1-3H3. The first kappa shape index (κ1) is 15.8. The molecule has 0 heterocycles. The summed E-state index contributed by atoms with van der Waals surface area (Å²) in [5.74, 6) is 0.970. The third kappa shape index (κ3) is 4.45. The number of fused-ring (bicyclic) bond motifs is 1. The minimum atomic E-state index is 0.449. The van der Waals surface area contributed by atoms with E-state index in [1.54, 1.807) is 7.11 Å². The first-order valence-corrected chi connectivity index (χ1v) is 7.58. The van der Waals surface area contributed by atoms with Crippen LogP contribution in [0.15, 0.2) is 36.4 Å². The molecule has 0 saturated carbocycles. The van der Waals surface area contributed by atoms with Crippen molar-refractivity contribution in [3.05, 3.63) is 42.0 Å². The van der Waals surface area contributed by atoms with Crippen LogP contribution in [0.4, 0.5) is 0 Å². The van der Waals surface area contributed by atoms with E-state index in [0.29, 0.717) is 12.6 Å². The van der Waals surface area contributed by atoms with E-state index in [0.717, 1.165) is 25.3 Å². The molecule has 3 nitrogen and oxygen atoms in total. The van der Waals surface area contributed by atoms with Crippen molar-refractivity contribution in [3.63, 3.8) is 0 Å². The van der Waals surface area contributed by atoms with Crippen LogP contribution in [0.25, 0.3) is 10.8 Å². The summed E-state index contributed by atoms with van der Waals surface area (Å²) < 4.78 is 11.0. The number of benzene rings is 2. The molecule has 2 aromatic carbocycles. The average molecular weight is 287 g/mol. The number of hydrogen-bond acceptors (Lipinski definition) is 3. The molecule has 1 N–H and O–H groups in total. The van der Waals surface area contributed by atoms with E-state index in [1.165, 1.54) is 16.3 Å². The number of methoxy groups -OCH3 is 1. The minimum absolute atomic E-state index is 0.449. The van der Waals surface area contributed by atoms with Crippen molar-refractivity contribution < 1.29 is 9.47 Å². The van der Waals surface area contributed by atoms with Gasteiger partial charge in [-0.15, -0.1) is 0 Å². The molecule has 0 aliphatic rings. The monoisotopic (exact) mass is 287 g/mol. The predicted octanol–water partition coefficient (Wildman–Crippen LogP) is 3.75. The summed E-state index contributed by atoms with van der Waals surface area (Å²) in [6.07, 6.45) is 0.903. The Morgan fingerprint density at radius 1 is 1.05 bits per heavy atom. The second-order valence-electron chi connectivity index (χ2n) is 5.49. The van der Waals surface area contributed by atoms with Crippen molar-refractivity contribution >= 4 is 10.8 Å². The first-order valence-electron chi connectivity index (χ1n) is 7.58. The van der Waals surface area contributed by atoms with Crippen molar-refractivity contribution in [3.8, 4) is 5.75 Å². The summed E-state index contributed by atoms with van der Waals surface area (Å²) in [5.41, 5.74) is 1.24. The van der Waals surface area contributed by atoms with Gasteiger partial charge in [0.25, 0.3) is 0 Å². The van der Waals surface area contributed by atoms with Gasteiger partial charge in [-0.2, -0.15) is 0 Å². The van der Waals surface area contributed by atoms with Gasteiger partial charge in [-0.05, 0) is 16.8 Å². The summed E-state index contributed by atoms with van der Waals surface area (Å²) in [4.78, 5) is 0. The van der Waals surface area contributed by atoms with Crippen LogP contribution in [0.3, 0.4) is 0 Å². The van der Waals surface area contributed by atoms with Crippen molar-refractivity contribution in [2.45, 2.75) is 32.9 Å². The maximum atomic E-state index is 5.96. The van der Waals surface area contributed by atoms with E-state index in [-0.39, 0.29) is 0 Å². The zero-order valence-electron chi connectivity index (χ0n) is 13.2. The molecule has 0 fully saturated rings. The quantitative estimate of drug-likeness (QED) is 0.750. The van der Waals surface area contributed by atoms with Gasteiger partial charge in [0.05, 0.1) is 6.61 Å². The molecule has 0 saturated heterocycles. The molecule has 0 aliphatic heterocycles. The van der Waals surface area contributed by atoms with Crippen LogP contribution in [0.2, 0.25) is 0 Å². The molecule has 0 aromatic heterocycles. The summed E-state index contributed by atoms with van der Waals surface area (Å²) in [7, 11) is 1.72. The molecule has 0 bridgehead atoms. The van der Waals surface area contributed by atoms with Gasteiger partial charge in [-0.1, -0.05) is 44.2 Å². The highest BCUT2D eigenvalue weighted by Gasteiger charge is 2.09. The molecule has 2 aromatic rings. The van der Waals surface area contributed by atoms with Crippen molar-refractivity contribution in [2.24, 2.45) is 0 Å². The van der Waals surface area contributed by atoms with Crippen LogP contribution >= 0.6 is 0 Å². The van der Waals surface area contributed by atoms with Crippen molar-refractivity contribution in [1.29, 1.82) is 0 Å². The lowest BCUT2D eigenvalue weighted by Crippen LogP contribution is -2.22. The van der Waals surface area contributed by atoms with E-state index in [1.807, 2.05) is 0 Å². The Labute approximate surface area is 127 Å². The van der Waals surface area contributed by atoms with Crippen molar-refractivity contribution in [1.82, 2.24) is 5.32 Å². The van der Waals surface area contributed by atoms with E-state index in [2.05, 4.69) is 55.6 Å². The van der Waals surface area contributed by atoms with Crippen LogP contribution in [-0.4, -0.2) is 26.4 Å². The second kappa shape index (κ2) is 8.01. The average Bonchev–Trinajstić information content (AvgIpc) is 2.49. The Balaban J connectivity index is 2.23. The van der Waals surface area contributed by atoms with Crippen LogP contribution in [0, 0.1) is 0 Å². The van der Waals surface area contributed by atoms with Crippen LogP contribution in [0.5, 0.6) is 5.75 Å². The van der Waals surface area contributed by atoms with E-state index >= 15 is 0 Å². The molecule has 114 valence electrons. The highest BCUT2D eigenvalue weighted by Crippen LogP contribution is 2.28. The fraction of sp³-hybridized carbons (Fsp3) is 0.444. The van der Waals surface area contributed by atoms with Gasteiger partial charge in [0.15, 0.2) is 0 Å². The van der Waals surface area contributed by atoms with Gasteiger partial charge in [0.2, 0.25) is 0 Å². The fourth-order valence-electron chi connectivity index (χ4n) is 2.33. The van der Waals surface area contributed by atoms with Gasteiger partial charge in [0.1, 0.15) is 5.75 Å². The van der Waals surface area contributed by atoms with Gasteiger partial charge in [-0.25, -0.2) is 0 Å². The van der Waals surface area contributed by atoms with E-state index < -0.39 is 0 Å². The number of ether oxygens (including phenoxy) is 2. The van der Waals surface area contributed by atoms with Gasteiger partial charge >= 0.3 is 0 Å². The molecule has 0 spiro atoms. The Morgan fingerprint density at radius 3 is 2.62 bits per heavy atom. The predicted molar refractivity (Wildman–Crippen MR) is 87.9 cm³/mol. The summed E-state index contributed by atoms with van der Waals surface area (Å²) >= 11 is 0. The topological polar surface area (TPSA) is 30.5 Å². The number of hydrogen-bond donors (Lipinski definition) is 1. The zero-order valence-corrected chi connectivity index (χ0v) is 13.2. The summed E-state index contributed by atoms with van der Waals surface area (Å²) in [6, 6.07) is 13.1. The third-order valence-electron chi connectivity index (χ3n) is 3.44. The number of nitrogens with one attached hydrogen (secondary N) is 1. The molecule has 0 amide bonds. The van der Waals surface area contributed by atoms with Crippen LogP contribution < -0.4 is 10.1 Å². The summed E-state index contributed by atoms with van der Waals surface area (Å²) in [5, 5.41) is 6.00. The lowest BCUT2D eigenvalue weighted by Gasteiger charge is -2.16. The Bertz CT molecular complexity index is 566. The van der Waals surface area contributed by atoms with Gasteiger partial charge in [-0.3, -0.25) is 0 Å². The van der Waals surface area contributed by atoms with Crippen molar-refractivity contribution in [2.75, 3.05) is 20.3 Å². The molecule has 0 radical (unpaired) electrons.